The van der Waals surface area contributed by atoms with E-state index in [2.05, 4.69) is 5.28 Å². The van der Waals surface area contributed by atoms with Crippen molar-refractivity contribution in [2.75, 3.05) is 6.54 Å². The highest BCUT2D eigenvalue weighted by molar-refractivity contribution is 5.70. The normalized spacial score (nSPS) is 24.3. The van der Waals surface area contributed by atoms with Crippen LogP contribution in [-0.4, -0.2) is 44.4 Å². The molecule has 110 valence electrons. The largest absolute Gasteiger partial charge is 0.481 e. The van der Waals surface area contributed by atoms with Gasteiger partial charge in [0.15, 0.2) is 0 Å². The van der Waals surface area contributed by atoms with E-state index in [1.54, 1.807) is 5.01 Å². The van der Waals surface area contributed by atoms with Crippen LogP contribution in [0.5, 0.6) is 0 Å². The third-order valence-electron chi connectivity index (χ3n) is 3.29. The SMILES string of the molecule is CCN(/[N+](O)=N/O[C@@H]1CC[C@H](C(=O)O)C1)C(C)(C)C. The van der Waals surface area contributed by atoms with Gasteiger partial charge in [0.2, 0.25) is 0 Å². The number of hydrogen-bond donors (Lipinski definition) is 2. The first kappa shape index (κ1) is 15.5. The maximum Gasteiger partial charge on any atom is 0.306 e. The molecule has 19 heavy (non-hydrogen) atoms. The minimum atomic E-state index is -0.795. The van der Waals surface area contributed by atoms with Crippen LogP contribution in [0.2, 0.25) is 0 Å². The van der Waals surface area contributed by atoms with Gasteiger partial charge in [0.1, 0.15) is 6.10 Å². The number of nitrogens with zero attached hydrogens (tertiary/aromatic N) is 3. The average molecular weight is 274 g/mol. The van der Waals surface area contributed by atoms with E-state index in [1.165, 1.54) is 0 Å². The second-order valence-electron chi connectivity index (χ2n) is 5.81. The third kappa shape index (κ3) is 4.25. The van der Waals surface area contributed by atoms with Crippen LogP contribution < -0.4 is 0 Å². The van der Waals surface area contributed by atoms with E-state index < -0.39 is 5.97 Å². The summed E-state index contributed by atoms with van der Waals surface area (Å²) in [4.78, 5) is 16.7. The van der Waals surface area contributed by atoms with Gasteiger partial charge in [-0.15, -0.1) is 5.01 Å². The molecule has 2 atom stereocenters. The minimum Gasteiger partial charge on any atom is -0.481 e. The molecule has 7 nitrogen and oxygen atoms in total. The van der Waals surface area contributed by atoms with Crippen LogP contribution in [0.25, 0.3) is 0 Å². The molecule has 0 saturated heterocycles. The molecule has 0 unspecified atom stereocenters. The molecular weight excluding hydrogens is 250 g/mol. The zero-order valence-electron chi connectivity index (χ0n) is 12.0. The maximum atomic E-state index is 10.8. The summed E-state index contributed by atoms with van der Waals surface area (Å²) in [6.07, 6.45) is 1.44. The van der Waals surface area contributed by atoms with Crippen LogP contribution >= 0.6 is 0 Å². The molecule has 1 aliphatic rings. The van der Waals surface area contributed by atoms with Crippen LogP contribution in [-0.2, 0) is 9.63 Å². The Morgan fingerprint density at radius 1 is 1.47 bits per heavy atom. The van der Waals surface area contributed by atoms with E-state index in [0.717, 1.165) is 0 Å². The van der Waals surface area contributed by atoms with E-state index in [4.69, 9.17) is 9.94 Å². The molecule has 0 bridgehead atoms. The zero-order valence-corrected chi connectivity index (χ0v) is 12.0. The topological polar surface area (TPSA) is 85.4 Å². The van der Waals surface area contributed by atoms with Crippen molar-refractivity contribution in [2.24, 2.45) is 11.2 Å². The lowest BCUT2D eigenvalue weighted by Crippen LogP contribution is -2.46. The molecule has 1 rings (SSSR count). The van der Waals surface area contributed by atoms with Crippen molar-refractivity contribution < 1.29 is 24.9 Å². The number of carboxylic acids is 1. The van der Waals surface area contributed by atoms with Crippen molar-refractivity contribution in [3.05, 3.63) is 0 Å². The van der Waals surface area contributed by atoms with Gasteiger partial charge < -0.3 is 9.94 Å². The summed E-state index contributed by atoms with van der Waals surface area (Å²) in [5.41, 5.74) is -0.282. The van der Waals surface area contributed by atoms with Crippen molar-refractivity contribution in [2.45, 2.75) is 58.6 Å². The van der Waals surface area contributed by atoms with Crippen molar-refractivity contribution in [1.29, 1.82) is 0 Å². The van der Waals surface area contributed by atoms with Crippen LogP contribution in [0.3, 0.4) is 0 Å². The lowest BCUT2D eigenvalue weighted by molar-refractivity contribution is -0.949. The molecule has 1 aliphatic carbocycles. The van der Waals surface area contributed by atoms with E-state index in [-0.39, 0.29) is 17.6 Å². The smallest absolute Gasteiger partial charge is 0.306 e. The molecule has 0 heterocycles. The molecule has 0 amide bonds. The Morgan fingerprint density at radius 3 is 2.53 bits per heavy atom. The highest BCUT2D eigenvalue weighted by atomic mass is 16.7. The Balaban J connectivity index is 2.55. The van der Waals surface area contributed by atoms with E-state index in [0.29, 0.717) is 30.8 Å². The predicted octanol–water partition coefficient (Wildman–Crippen LogP) is 2.06. The zero-order chi connectivity index (χ0) is 14.6. The highest BCUT2D eigenvalue weighted by Crippen LogP contribution is 2.28. The summed E-state index contributed by atoms with van der Waals surface area (Å²) < 4.78 is 0. The van der Waals surface area contributed by atoms with Crippen LogP contribution in [0, 0.1) is 5.92 Å². The molecular formula is C12H24N3O4+. The fourth-order valence-electron chi connectivity index (χ4n) is 2.28. The molecule has 0 aromatic heterocycles. The molecule has 2 N–H and O–H groups in total. The van der Waals surface area contributed by atoms with Gasteiger partial charge in [0, 0.05) is 6.42 Å². The number of hydrogen-bond acceptors (Lipinski definition) is 3. The summed E-state index contributed by atoms with van der Waals surface area (Å²) in [6, 6.07) is 0. The average Bonchev–Trinajstić information content (AvgIpc) is 2.74. The molecule has 0 radical (unpaired) electrons. The number of rotatable bonds is 5. The first-order chi connectivity index (χ1) is 8.75. The summed E-state index contributed by atoms with van der Waals surface area (Å²) >= 11 is 0. The Labute approximate surface area is 113 Å². The Kier molecular flexibility index (Phi) is 4.97. The van der Waals surface area contributed by atoms with E-state index >= 15 is 0 Å². The molecule has 0 aromatic rings. The summed E-state index contributed by atoms with van der Waals surface area (Å²) in [5, 5.41) is 24.0. The van der Waals surface area contributed by atoms with Gasteiger partial charge in [-0.2, -0.15) is 0 Å². The van der Waals surface area contributed by atoms with Gasteiger partial charge in [0.25, 0.3) is 10.2 Å². The van der Waals surface area contributed by atoms with Gasteiger partial charge in [-0.25, -0.2) is 5.21 Å². The van der Waals surface area contributed by atoms with Crippen molar-refractivity contribution in [1.82, 2.24) is 5.01 Å². The molecule has 1 fully saturated rings. The number of hydrazine groups is 1. The molecule has 0 spiro atoms. The fourth-order valence-corrected chi connectivity index (χ4v) is 2.28. The quantitative estimate of drug-likeness (QED) is 0.455. The first-order valence-corrected chi connectivity index (χ1v) is 6.61. The van der Waals surface area contributed by atoms with E-state index in [9.17, 15) is 10.0 Å². The first-order valence-electron chi connectivity index (χ1n) is 6.61. The lowest BCUT2D eigenvalue weighted by Gasteiger charge is -2.24. The van der Waals surface area contributed by atoms with Gasteiger partial charge in [-0.05, 0) is 40.5 Å². The molecule has 1 saturated carbocycles. The number of aliphatic carboxylic acids is 1. The van der Waals surface area contributed by atoms with Crippen LogP contribution in [0.4, 0.5) is 0 Å². The van der Waals surface area contributed by atoms with Gasteiger partial charge >= 0.3 is 5.97 Å². The van der Waals surface area contributed by atoms with Crippen molar-refractivity contribution >= 4 is 5.97 Å². The standard InChI is InChI=1S/C12H23N3O4/c1-5-14(12(2,3)4)15(18)13-19-10-7-6-9(8-10)11(16)17/h9-10H,5-8H2,1-4H3,(H-,13,16,17,18)/p+1/t9-,10+/m0/s1. The molecule has 7 heteroatoms. The number of carbonyl (C=O) groups is 1. The third-order valence-corrected chi connectivity index (χ3v) is 3.29. The monoisotopic (exact) mass is 274 g/mol. The minimum absolute atomic E-state index is 0.241. The van der Waals surface area contributed by atoms with Crippen molar-refractivity contribution in [3.63, 3.8) is 0 Å². The lowest BCUT2D eigenvalue weighted by atomic mass is 10.1. The highest BCUT2D eigenvalue weighted by Gasteiger charge is 2.34. The van der Waals surface area contributed by atoms with Gasteiger partial charge in [-0.1, -0.05) is 0 Å². The van der Waals surface area contributed by atoms with Crippen LogP contribution in [0.15, 0.2) is 5.28 Å². The molecule has 0 aliphatic heterocycles. The second kappa shape index (κ2) is 6.08. The molecule has 0 aromatic carbocycles. The predicted molar refractivity (Wildman–Crippen MR) is 66.5 cm³/mol. The summed E-state index contributed by atoms with van der Waals surface area (Å²) in [7, 11) is 0. The summed E-state index contributed by atoms with van der Waals surface area (Å²) in [6.45, 7) is 8.33. The Morgan fingerprint density at radius 2 is 2.11 bits per heavy atom. The van der Waals surface area contributed by atoms with Crippen molar-refractivity contribution in [3.8, 4) is 0 Å². The van der Waals surface area contributed by atoms with Crippen LogP contribution in [0.1, 0.15) is 47.0 Å². The second-order valence-corrected chi connectivity index (χ2v) is 5.81. The Bertz CT molecular complexity index is 351. The Hall–Kier alpha value is -1.53. The van der Waals surface area contributed by atoms with E-state index in [1.807, 2.05) is 27.7 Å². The van der Waals surface area contributed by atoms with Gasteiger partial charge in [0.05, 0.1) is 18.0 Å². The van der Waals surface area contributed by atoms with Gasteiger partial charge in [-0.3, -0.25) is 4.79 Å². The summed E-state index contributed by atoms with van der Waals surface area (Å²) in [5.74, 6) is -1.16. The number of carboxylic acid groups (broad SMARTS) is 1. The fraction of sp³-hybridized carbons (Fsp3) is 0.917. The maximum absolute atomic E-state index is 10.8.